The number of furan rings is 1. The maximum Gasteiger partial charge on any atom is 0.405 e. The molecule has 2 rings (SSSR count). The van der Waals surface area contributed by atoms with Crippen LogP contribution >= 0.6 is 0 Å². The van der Waals surface area contributed by atoms with Crippen molar-refractivity contribution in [2.24, 2.45) is 0 Å². The highest BCUT2D eigenvalue weighted by Gasteiger charge is 2.28. The Hall–Kier alpha value is -2.86. The predicted octanol–water partition coefficient (Wildman–Crippen LogP) is 1.59. The van der Waals surface area contributed by atoms with Crippen molar-refractivity contribution in [3.05, 3.63) is 54.0 Å². The van der Waals surface area contributed by atoms with E-state index in [0.717, 1.165) is 6.07 Å². The maximum atomic E-state index is 12.3. The molecule has 2 aromatic rings. The number of esters is 1. The van der Waals surface area contributed by atoms with Crippen LogP contribution in [0.1, 0.15) is 16.1 Å². The van der Waals surface area contributed by atoms with Gasteiger partial charge in [-0.3, -0.25) is 4.79 Å². The number of nitrogens with one attached hydrogen (secondary N) is 2. The van der Waals surface area contributed by atoms with E-state index in [1.54, 1.807) is 12.1 Å². The molecule has 152 valence electrons. The van der Waals surface area contributed by atoms with Crippen molar-refractivity contribution in [2.45, 2.75) is 17.6 Å². The summed E-state index contributed by atoms with van der Waals surface area (Å²) in [5.74, 6) is -1.83. The summed E-state index contributed by atoms with van der Waals surface area (Å²) in [7, 11) is -3.97. The molecule has 1 amide bonds. The smallest absolute Gasteiger partial charge is 0.405 e. The standard InChI is InChI=1S/C16H15F3N2O6S/c17-16(18,19)10-20-14(22)9-27-15(23)11-3-1-5-13(7-11)28(24,25)21-8-12-4-2-6-26-12/h1-7,21H,8-10H2,(H,20,22). The number of ether oxygens (including phenoxy) is 1. The SMILES string of the molecule is O=C(COC(=O)c1cccc(S(=O)(=O)NCc2ccco2)c1)NCC(F)(F)F. The van der Waals surface area contributed by atoms with Gasteiger partial charge in [-0.05, 0) is 30.3 Å². The first-order chi connectivity index (χ1) is 13.1. The van der Waals surface area contributed by atoms with E-state index in [2.05, 4.69) is 9.46 Å². The van der Waals surface area contributed by atoms with Gasteiger partial charge < -0.3 is 14.5 Å². The molecule has 28 heavy (non-hydrogen) atoms. The van der Waals surface area contributed by atoms with Gasteiger partial charge in [0.05, 0.1) is 23.3 Å². The second-order valence-corrected chi connectivity index (χ2v) is 7.17. The molecule has 0 unspecified atom stereocenters. The normalized spacial score (nSPS) is 11.8. The third-order valence-electron chi connectivity index (χ3n) is 3.22. The molecule has 0 spiro atoms. The lowest BCUT2D eigenvalue weighted by atomic mass is 10.2. The fourth-order valence-electron chi connectivity index (χ4n) is 1.92. The van der Waals surface area contributed by atoms with E-state index in [1.165, 1.54) is 29.8 Å². The molecular weight excluding hydrogens is 405 g/mol. The van der Waals surface area contributed by atoms with Gasteiger partial charge in [-0.25, -0.2) is 17.9 Å². The van der Waals surface area contributed by atoms with Crippen LogP contribution in [0.15, 0.2) is 52.0 Å². The van der Waals surface area contributed by atoms with E-state index in [-0.39, 0.29) is 17.0 Å². The van der Waals surface area contributed by atoms with Crippen molar-refractivity contribution in [3.63, 3.8) is 0 Å². The molecule has 12 heteroatoms. The lowest BCUT2D eigenvalue weighted by molar-refractivity contribution is -0.140. The molecule has 2 N–H and O–H groups in total. The minimum Gasteiger partial charge on any atom is -0.468 e. The maximum absolute atomic E-state index is 12.3. The number of sulfonamides is 1. The molecule has 8 nitrogen and oxygen atoms in total. The molecule has 0 atom stereocenters. The number of carbonyl (C=O) groups is 2. The average Bonchev–Trinajstić information content (AvgIpc) is 3.16. The summed E-state index contributed by atoms with van der Waals surface area (Å²) in [5.41, 5.74) is -0.190. The quantitative estimate of drug-likeness (QED) is 0.627. The minimum atomic E-state index is -4.59. The fourth-order valence-corrected chi connectivity index (χ4v) is 2.96. The molecule has 1 aromatic heterocycles. The van der Waals surface area contributed by atoms with E-state index in [0.29, 0.717) is 5.76 Å². The molecule has 0 aliphatic heterocycles. The summed E-state index contributed by atoms with van der Waals surface area (Å²) in [6.45, 7) is -2.61. The summed E-state index contributed by atoms with van der Waals surface area (Å²) in [4.78, 5) is 22.9. The molecule has 0 saturated heterocycles. The first-order valence-corrected chi connectivity index (χ1v) is 9.18. The number of amides is 1. The highest BCUT2D eigenvalue weighted by Crippen LogP contribution is 2.14. The fraction of sp³-hybridized carbons (Fsp3) is 0.250. The number of hydrogen-bond donors (Lipinski definition) is 2. The van der Waals surface area contributed by atoms with Crippen LogP contribution in [-0.2, 0) is 26.1 Å². The molecule has 0 saturated carbocycles. The van der Waals surface area contributed by atoms with E-state index in [4.69, 9.17) is 4.42 Å². The number of halogens is 3. The lowest BCUT2D eigenvalue weighted by Gasteiger charge is -2.09. The Kier molecular flexibility index (Phi) is 6.80. The van der Waals surface area contributed by atoms with Crippen molar-refractivity contribution in [2.75, 3.05) is 13.2 Å². The van der Waals surface area contributed by atoms with Crippen LogP contribution in [0, 0.1) is 0 Å². The highest BCUT2D eigenvalue weighted by atomic mass is 32.2. The average molecular weight is 420 g/mol. The van der Waals surface area contributed by atoms with E-state index in [1.807, 2.05) is 0 Å². The van der Waals surface area contributed by atoms with Gasteiger partial charge in [0.2, 0.25) is 10.0 Å². The van der Waals surface area contributed by atoms with E-state index in [9.17, 15) is 31.2 Å². The molecule has 0 radical (unpaired) electrons. The van der Waals surface area contributed by atoms with Gasteiger partial charge in [-0.1, -0.05) is 6.07 Å². The van der Waals surface area contributed by atoms with Gasteiger partial charge in [0.1, 0.15) is 12.3 Å². The first kappa shape index (κ1) is 21.4. The van der Waals surface area contributed by atoms with Crippen LogP contribution in [0.2, 0.25) is 0 Å². The number of benzene rings is 1. The van der Waals surface area contributed by atoms with Crippen molar-refractivity contribution in [1.29, 1.82) is 0 Å². The Balaban J connectivity index is 1.95. The number of alkyl halides is 3. The Morgan fingerprint density at radius 3 is 2.54 bits per heavy atom. The van der Waals surface area contributed by atoms with Gasteiger partial charge in [0.25, 0.3) is 5.91 Å². The summed E-state index contributed by atoms with van der Waals surface area (Å²) in [6.07, 6.45) is -3.21. The summed E-state index contributed by atoms with van der Waals surface area (Å²) < 4.78 is 72.4. The van der Waals surface area contributed by atoms with Crippen LogP contribution in [0.3, 0.4) is 0 Å². The molecule has 0 aliphatic rings. The second kappa shape index (κ2) is 8.89. The Morgan fingerprint density at radius 1 is 1.14 bits per heavy atom. The molecule has 1 aromatic carbocycles. The lowest BCUT2D eigenvalue weighted by Crippen LogP contribution is -2.36. The molecule has 1 heterocycles. The Morgan fingerprint density at radius 2 is 1.89 bits per heavy atom. The van der Waals surface area contributed by atoms with Crippen molar-refractivity contribution >= 4 is 21.9 Å². The van der Waals surface area contributed by atoms with Crippen LogP contribution in [0.4, 0.5) is 13.2 Å². The third-order valence-corrected chi connectivity index (χ3v) is 4.62. The largest absolute Gasteiger partial charge is 0.468 e. The molecule has 0 fully saturated rings. The monoisotopic (exact) mass is 420 g/mol. The number of rotatable bonds is 8. The zero-order valence-corrected chi connectivity index (χ0v) is 15.0. The topological polar surface area (TPSA) is 115 Å². The predicted molar refractivity (Wildman–Crippen MR) is 88.5 cm³/mol. The molecule has 0 aliphatic carbocycles. The van der Waals surface area contributed by atoms with Gasteiger partial charge in [0.15, 0.2) is 6.61 Å². The Labute approximate surface area is 157 Å². The van der Waals surface area contributed by atoms with Crippen LogP contribution in [0.5, 0.6) is 0 Å². The highest BCUT2D eigenvalue weighted by molar-refractivity contribution is 7.89. The Bertz CT molecular complexity index is 926. The molecular formula is C16H15F3N2O6S. The summed E-state index contributed by atoms with van der Waals surface area (Å²) in [5, 5.41) is 1.54. The zero-order chi connectivity index (χ0) is 20.8. The van der Waals surface area contributed by atoms with Crippen molar-refractivity contribution in [1.82, 2.24) is 10.0 Å². The first-order valence-electron chi connectivity index (χ1n) is 7.69. The van der Waals surface area contributed by atoms with Crippen LogP contribution < -0.4 is 10.0 Å². The number of hydrogen-bond acceptors (Lipinski definition) is 6. The zero-order valence-electron chi connectivity index (χ0n) is 14.2. The van der Waals surface area contributed by atoms with Gasteiger partial charge in [-0.15, -0.1) is 0 Å². The summed E-state index contributed by atoms with van der Waals surface area (Å²) in [6, 6.07) is 7.92. The van der Waals surface area contributed by atoms with Crippen molar-refractivity contribution in [3.8, 4) is 0 Å². The van der Waals surface area contributed by atoms with E-state index < -0.39 is 41.2 Å². The molecule has 0 bridgehead atoms. The van der Waals surface area contributed by atoms with Gasteiger partial charge in [-0.2, -0.15) is 13.2 Å². The van der Waals surface area contributed by atoms with Crippen LogP contribution in [-0.4, -0.2) is 39.6 Å². The van der Waals surface area contributed by atoms with Crippen molar-refractivity contribution < 1.29 is 40.3 Å². The third kappa shape index (κ3) is 6.70. The van der Waals surface area contributed by atoms with Gasteiger partial charge >= 0.3 is 12.1 Å². The van der Waals surface area contributed by atoms with Crippen LogP contribution in [0.25, 0.3) is 0 Å². The summed E-state index contributed by atoms with van der Waals surface area (Å²) >= 11 is 0. The number of carbonyl (C=O) groups excluding carboxylic acids is 2. The van der Waals surface area contributed by atoms with Gasteiger partial charge in [0, 0.05) is 0 Å². The minimum absolute atomic E-state index is 0.108. The second-order valence-electron chi connectivity index (χ2n) is 5.40. The van der Waals surface area contributed by atoms with E-state index >= 15 is 0 Å².